The van der Waals surface area contributed by atoms with Crippen molar-refractivity contribution >= 4 is 51.5 Å². The van der Waals surface area contributed by atoms with Crippen LogP contribution in [-0.2, 0) is 10.1 Å². The number of rotatable bonds is 5. The zero-order valence-corrected chi connectivity index (χ0v) is 20.3. The topological polar surface area (TPSA) is 69.2 Å². The van der Waals surface area contributed by atoms with E-state index < -0.39 is 10.1 Å². The van der Waals surface area contributed by atoms with E-state index in [1.165, 1.54) is 16.7 Å². The molecule has 0 aliphatic heterocycles. The van der Waals surface area contributed by atoms with Crippen LogP contribution >= 0.6 is 8.58 Å². The van der Waals surface area contributed by atoms with E-state index in [-0.39, 0.29) is 13.5 Å². The average Bonchev–Trinajstić information content (AvgIpc) is 2.86. The van der Waals surface area contributed by atoms with Gasteiger partial charge >= 0.3 is 0 Å². The van der Waals surface area contributed by atoms with Gasteiger partial charge in [0.2, 0.25) is 0 Å². The number of hydrogen-bond acceptors (Lipinski definition) is 4. The average molecular weight is 486 g/mol. The van der Waals surface area contributed by atoms with Gasteiger partial charge in [-0.05, 0) is 53.9 Å². The number of anilines is 2. The van der Waals surface area contributed by atoms with Crippen molar-refractivity contribution in [2.75, 3.05) is 5.32 Å². The van der Waals surface area contributed by atoms with Crippen LogP contribution in [0.2, 0.25) is 0 Å². The maximum absolute atomic E-state index is 11.5. The van der Waals surface area contributed by atoms with E-state index in [4.69, 9.17) is 0 Å². The summed E-state index contributed by atoms with van der Waals surface area (Å²) in [6, 6.07) is 40.7. The minimum atomic E-state index is -4.53. The Kier molecular flexibility index (Phi) is 7.71. The van der Waals surface area contributed by atoms with Gasteiger partial charge in [-0.3, -0.25) is 0 Å². The van der Waals surface area contributed by atoms with Gasteiger partial charge in [0.05, 0.1) is 24.1 Å². The summed E-state index contributed by atoms with van der Waals surface area (Å²) in [5, 5.41) is 7.18. The number of hydrogen-bond donors (Lipinski definition) is 1. The van der Waals surface area contributed by atoms with Crippen LogP contribution in [0, 0.1) is 0 Å². The Balaban J connectivity index is 0.000000180. The lowest BCUT2D eigenvalue weighted by molar-refractivity contribution is 0.464. The highest BCUT2D eigenvalue weighted by Crippen LogP contribution is 2.31. The molecule has 6 heteroatoms. The smallest absolute Gasteiger partial charge is 0.125 e. The van der Waals surface area contributed by atoms with Crippen molar-refractivity contribution in [1.82, 2.24) is 0 Å². The summed E-state index contributed by atoms with van der Waals surface area (Å²) in [5.41, 5.74) is 1.41. The molecule has 5 rings (SSSR count). The fraction of sp³-hybridized carbons (Fsp3) is 0. The molecule has 5 aromatic rings. The van der Waals surface area contributed by atoms with Crippen molar-refractivity contribution in [2.45, 2.75) is 4.90 Å². The van der Waals surface area contributed by atoms with Crippen LogP contribution in [0.3, 0.4) is 0 Å². The van der Waals surface area contributed by atoms with Crippen molar-refractivity contribution in [1.29, 1.82) is 0 Å². The summed E-state index contributed by atoms with van der Waals surface area (Å²) in [5.74, 6) is 0. The molecular formula is C28H24NO3PS. The van der Waals surface area contributed by atoms with Crippen molar-refractivity contribution in [3.05, 3.63) is 127 Å². The van der Waals surface area contributed by atoms with Gasteiger partial charge in [0, 0.05) is 16.8 Å². The lowest BCUT2D eigenvalue weighted by Gasteiger charge is -2.15. The highest BCUT2D eigenvalue weighted by molar-refractivity contribution is 7.86. The van der Waals surface area contributed by atoms with E-state index in [2.05, 4.69) is 66.0 Å². The third kappa shape index (κ3) is 6.30. The first-order valence-electron chi connectivity index (χ1n) is 10.8. The van der Waals surface area contributed by atoms with Crippen LogP contribution in [0.15, 0.2) is 132 Å². The molecular weight excluding hydrogens is 461 g/mol. The van der Waals surface area contributed by atoms with E-state index in [0.29, 0.717) is 16.5 Å². The SMILES string of the molecule is O=S(=O)([O-])c1cccc2cccc(Nc3ccccc3)c12.c1ccc([PH2+]c2ccccc2)cc1. The minimum Gasteiger partial charge on any atom is -0.744 e. The quantitative estimate of drug-likeness (QED) is 0.262. The van der Waals surface area contributed by atoms with Crippen LogP contribution in [0.4, 0.5) is 11.4 Å². The van der Waals surface area contributed by atoms with E-state index in [1.807, 2.05) is 36.4 Å². The molecule has 0 spiro atoms. The Bertz CT molecular complexity index is 1420. The van der Waals surface area contributed by atoms with Crippen molar-refractivity contribution in [3.63, 3.8) is 0 Å². The van der Waals surface area contributed by atoms with Crippen LogP contribution < -0.4 is 15.9 Å². The van der Waals surface area contributed by atoms with Gasteiger partial charge < -0.3 is 9.87 Å². The highest BCUT2D eigenvalue weighted by atomic mass is 32.2. The maximum atomic E-state index is 11.5. The number of para-hydroxylation sites is 1. The Hall–Kier alpha value is -3.50. The van der Waals surface area contributed by atoms with Gasteiger partial charge in [-0.25, -0.2) is 8.42 Å². The molecule has 4 nitrogen and oxygen atoms in total. The predicted octanol–water partition coefficient (Wildman–Crippen LogP) is 5.54. The standard InChI is InChI=1S/C16H13NO3S.C12H11P/c18-21(19,20)15-11-5-7-12-6-4-10-14(16(12)15)17-13-8-2-1-3-9-13;1-3-7-11(8-4-1)13-12-9-5-2-6-10-12/h1-11,17H,(H,18,19,20);1-10,13H. The molecule has 0 aliphatic rings. The molecule has 0 saturated carbocycles. The van der Waals surface area contributed by atoms with Gasteiger partial charge in [-0.15, -0.1) is 0 Å². The molecule has 5 aromatic carbocycles. The first-order valence-corrected chi connectivity index (χ1v) is 13.3. The normalized spacial score (nSPS) is 10.9. The summed E-state index contributed by atoms with van der Waals surface area (Å²) in [4.78, 5) is -0.209. The predicted molar refractivity (Wildman–Crippen MR) is 143 cm³/mol. The van der Waals surface area contributed by atoms with Crippen molar-refractivity contribution < 1.29 is 13.0 Å². The van der Waals surface area contributed by atoms with E-state index >= 15 is 0 Å². The molecule has 0 saturated heterocycles. The number of nitrogens with one attached hydrogen (secondary N) is 1. The van der Waals surface area contributed by atoms with Gasteiger partial charge in [0.1, 0.15) is 10.1 Å². The summed E-state index contributed by atoms with van der Waals surface area (Å²) in [7, 11) is -4.26. The molecule has 0 aliphatic carbocycles. The Morgan fingerprint density at radius 1 is 0.588 bits per heavy atom. The second kappa shape index (κ2) is 11.1. The third-order valence-electron chi connectivity index (χ3n) is 5.12. The Labute approximate surface area is 201 Å². The van der Waals surface area contributed by atoms with Crippen LogP contribution in [0.5, 0.6) is 0 Å². The second-order valence-corrected chi connectivity index (χ2v) is 10.5. The van der Waals surface area contributed by atoms with Gasteiger partial charge in [-0.1, -0.05) is 78.9 Å². The van der Waals surface area contributed by atoms with E-state index in [1.54, 1.807) is 24.3 Å². The molecule has 0 unspecified atom stereocenters. The van der Waals surface area contributed by atoms with E-state index in [9.17, 15) is 13.0 Å². The van der Waals surface area contributed by atoms with Crippen LogP contribution in [-0.4, -0.2) is 13.0 Å². The molecule has 0 heterocycles. The fourth-order valence-corrected chi connectivity index (χ4v) is 5.52. The van der Waals surface area contributed by atoms with Crippen molar-refractivity contribution in [2.24, 2.45) is 0 Å². The molecule has 1 N–H and O–H groups in total. The summed E-state index contributed by atoms with van der Waals surface area (Å²) < 4.78 is 34.4. The highest BCUT2D eigenvalue weighted by Gasteiger charge is 2.11. The molecule has 170 valence electrons. The van der Waals surface area contributed by atoms with Crippen molar-refractivity contribution in [3.8, 4) is 0 Å². The second-order valence-electron chi connectivity index (χ2n) is 7.57. The molecule has 0 aromatic heterocycles. The zero-order chi connectivity index (χ0) is 23.8. The first-order chi connectivity index (χ1) is 16.5. The number of fused-ring (bicyclic) bond motifs is 1. The van der Waals surface area contributed by atoms with Gasteiger partial charge in [0.25, 0.3) is 0 Å². The largest absolute Gasteiger partial charge is 0.744 e. The summed E-state index contributed by atoms with van der Waals surface area (Å²) in [6.45, 7) is 0. The van der Waals surface area contributed by atoms with Gasteiger partial charge in [0.15, 0.2) is 0 Å². The van der Waals surface area contributed by atoms with E-state index in [0.717, 1.165) is 5.69 Å². The minimum absolute atomic E-state index is 0.209. The maximum Gasteiger partial charge on any atom is 0.125 e. The molecule has 0 fully saturated rings. The fourth-order valence-electron chi connectivity index (χ4n) is 3.59. The lowest BCUT2D eigenvalue weighted by Crippen LogP contribution is -2.01. The molecule has 0 bridgehead atoms. The van der Waals surface area contributed by atoms with Crippen LogP contribution in [0.1, 0.15) is 0 Å². The lowest BCUT2D eigenvalue weighted by atomic mass is 10.1. The number of benzene rings is 5. The monoisotopic (exact) mass is 485 g/mol. The summed E-state index contributed by atoms with van der Waals surface area (Å²) >= 11 is 0. The summed E-state index contributed by atoms with van der Waals surface area (Å²) in [6.07, 6.45) is 0. The third-order valence-corrected chi connectivity index (χ3v) is 7.44. The molecule has 0 amide bonds. The first kappa shape index (κ1) is 23.7. The molecule has 0 radical (unpaired) electrons. The Morgan fingerprint density at radius 3 is 1.62 bits per heavy atom. The molecule has 0 atom stereocenters. The van der Waals surface area contributed by atoms with Gasteiger partial charge in [-0.2, -0.15) is 0 Å². The Morgan fingerprint density at radius 2 is 1.09 bits per heavy atom. The zero-order valence-electron chi connectivity index (χ0n) is 18.3. The van der Waals surface area contributed by atoms with Crippen LogP contribution in [0.25, 0.3) is 10.8 Å². The molecule has 34 heavy (non-hydrogen) atoms.